The molecule has 0 radical (unpaired) electrons. The van der Waals surface area contributed by atoms with Gasteiger partial charge < -0.3 is 19.4 Å². The average Bonchev–Trinajstić information content (AvgIpc) is 3.24. The molecule has 0 unspecified atom stereocenters. The number of carbonyl (C=O) groups excluding carboxylic acids is 2. The summed E-state index contributed by atoms with van der Waals surface area (Å²) in [6, 6.07) is 9.10. The summed E-state index contributed by atoms with van der Waals surface area (Å²) in [5.74, 6) is -0.329. The minimum Gasteiger partial charge on any atom is -0.467 e. The van der Waals surface area contributed by atoms with Crippen LogP contribution in [0.15, 0.2) is 53.2 Å². The first-order chi connectivity index (χ1) is 14.3. The average molecular weight is 422 g/mol. The van der Waals surface area contributed by atoms with Gasteiger partial charge in [-0.3, -0.25) is 9.59 Å². The zero-order chi connectivity index (χ0) is 21.6. The van der Waals surface area contributed by atoms with Gasteiger partial charge in [-0.05, 0) is 37.1 Å². The van der Waals surface area contributed by atoms with Crippen molar-refractivity contribution in [3.05, 3.63) is 60.1 Å². The number of amides is 2. The first-order valence-electron chi connectivity index (χ1n) is 9.43. The molecule has 160 valence electrons. The Morgan fingerprint density at radius 2 is 1.90 bits per heavy atom. The van der Waals surface area contributed by atoms with Gasteiger partial charge in [0.1, 0.15) is 11.5 Å². The monoisotopic (exact) mass is 422 g/mol. The van der Waals surface area contributed by atoms with Crippen molar-refractivity contribution in [3.63, 3.8) is 0 Å². The quantitative estimate of drug-likeness (QED) is 0.720. The molecule has 2 amide bonds. The van der Waals surface area contributed by atoms with Crippen molar-refractivity contribution in [2.24, 2.45) is 5.92 Å². The van der Waals surface area contributed by atoms with Gasteiger partial charge in [-0.25, -0.2) is 0 Å². The number of ether oxygens (including phenoxy) is 1. The second kappa shape index (κ2) is 9.51. The molecule has 30 heavy (non-hydrogen) atoms. The molecule has 3 rings (SSSR count). The summed E-state index contributed by atoms with van der Waals surface area (Å²) in [6.07, 6.45) is 0.260. The third-order valence-corrected chi connectivity index (χ3v) is 4.74. The van der Waals surface area contributed by atoms with Crippen LogP contribution < -0.4 is 10.1 Å². The van der Waals surface area contributed by atoms with E-state index in [9.17, 15) is 22.8 Å². The van der Waals surface area contributed by atoms with Crippen molar-refractivity contribution in [1.82, 2.24) is 10.2 Å². The van der Waals surface area contributed by atoms with E-state index in [1.165, 1.54) is 36.6 Å². The van der Waals surface area contributed by atoms with Gasteiger partial charge in [0.25, 0.3) is 0 Å². The maximum atomic E-state index is 12.5. The number of benzene rings is 1. The summed E-state index contributed by atoms with van der Waals surface area (Å²) in [4.78, 5) is 26.2. The Kier molecular flexibility index (Phi) is 6.81. The van der Waals surface area contributed by atoms with E-state index in [1.54, 1.807) is 23.1 Å². The van der Waals surface area contributed by atoms with Crippen LogP contribution in [0, 0.1) is 5.92 Å². The van der Waals surface area contributed by atoms with E-state index in [2.05, 4.69) is 10.1 Å². The van der Waals surface area contributed by atoms with E-state index < -0.39 is 6.36 Å². The Morgan fingerprint density at radius 3 is 2.57 bits per heavy atom. The van der Waals surface area contributed by atoms with E-state index in [1.807, 2.05) is 0 Å². The second-order valence-corrected chi connectivity index (χ2v) is 6.82. The number of piperidine rings is 1. The maximum Gasteiger partial charge on any atom is 0.573 e. The van der Waals surface area contributed by atoms with Gasteiger partial charge >= 0.3 is 6.36 Å². The van der Waals surface area contributed by atoms with Gasteiger partial charge in [-0.1, -0.05) is 18.2 Å². The molecule has 0 aliphatic carbocycles. The van der Waals surface area contributed by atoms with Gasteiger partial charge in [0.05, 0.1) is 12.8 Å². The molecule has 1 aromatic heterocycles. The van der Waals surface area contributed by atoms with Crippen LogP contribution in [0.1, 0.15) is 24.2 Å². The third kappa shape index (κ3) is 6.13. The molecule has 1 N–H and O–H groups in total. The lowest BCUT2D eigenvalue weighted by molar-refractivity contribution is -0.274. The number of furan rings is 1. The number of alkyl halides is 3. The number of likely N-dealkylation sites (tertiary alicyclic amines) is 1. The number of halogens is 3. The fourth-order valence-electron chi connectivity index (χ4n) is 3.20. The molecule has 1 aliphatic heterocycles. The molecule has 1 fully saturated rings. The van der Waals surface area contributed by atoms with Gasteiger partial charge in [0, 0.05) is 30.6 Å². The molecule has 6 nitrogen and oxygen atoms in total. The number of rotatable bonds is 6. The standard InChI is InChI=1S/C21H21F3N2O4/c22-21(23,24)30-18-6-2-1-4-15(18)7-8-19(27)26-11-9-16(10-12-26)20(28)25-14-17-5-3-13-29-17/h1-8,13,16H,9-12,14H2,(H,25,28). The molecular formula is C21H21F3N2O4. The van der Waals surface area contributed by atoms with Crippen molar-refractivity contribution < 1.29 is 31.9 Å². The summed E-state index contributed by atoms with van der Waals surface area (Å²) >= 11 is 0. The summed E-state index contributed by atoms with van der Waals surface area (Å²) in [7, 11) is 0. The largest absolute Gasteiger partial charge is 0.573 e. The van der Waals surface area contributed by atoms with Crippen LogP contribution in [0.4, 0.5) is 13.2 Å². The second-order valence-electron chi connectivity index (χ2n) is 6.82. The predicted octanol–water partition coefficient (Wildman–Crippen LogP) is 3.75. The van der Waals surface area contributed by atoms with Crippen molar-refractivity contribution in [2.45, 2.75) is 25.7 Å². The molecule has 0 atom stereocenters. The molecule has 2 aromatic rings. The van der Waals surface area contributed by atoms with E-state index >= 15 is 0 Å². The van der Waals surface area contributed by atoms with Crippen LogP contribution in [-0.2, 0) is 16.1 Å². The number of hydrogen-bond donors (Lipinski definition) is 1. The predicted molar refractivity (Wildman–Crippen MR) is 102 cm³/mol. The van der Waals surface area contributed by atoms with Gasteiger partial charge in [0.2, 0.25) is 11.8 Å². The first kappa shape index (κ1) is 21.5. The van der Waals surface area contributed by atoms with Crippen LogP contribution in [0.5, 0.6) is 5.75 Å². The Labute approximate surface area is 171 Å². The van der Waals surface area contributed by atoms with E-state index in [-0.39, 0.29) is 29.0 Å². The van der Waals surface area contributed by atoms with Gasteiger partial charge in [-0.15, -0.1) is 13.2 Å². The van der Waals surface area contributed by atoms with E-state index in [4.69, 9.17) is 4.42 Å². The van der Waals surface area contributed by atoms with Crippen molar-refractivity contribution in [3.8, 4) is 5.75 Å². The summed E-state index contributed by atoms with van der Waals surface area (Å²) in [5, 5.41) is 2.81. The highest BCUT2D eigenvalue weighted by Crippen LogP contribution is 2.27. The van der Waals surface area contributed by atoms with Crippen LogP contribution in [0.25, 0.3) is 6.08 Å². The SMILES string of the molecule is O=C(NCc1ccco1)C1CCN(C(=O)C=Cc2ccccc2OC(F)(F)F)CC1. The molecular weight excluding hydrogens is 401 g/mol. The fourth-order valence-corrected chi connectivity index (χ4v) is 3.20. The number of carbonyl (C=O) groups is 2. The smallest absolute Gasteiger partial charge is 0.467 e. The minimum atomic E-state index is -4.81. The van der Waals surface area contributed by atoms with Crippen LogP contribution >= 0.6 is 0 Å². The number of hydrogen-bond acceptors (Lipinski definition) is 4. The van der Waals surface area contributed by atoms with Gasteiger partial charge in [0.15, 0.2) is 0 Å². The number of nitrogens with zero attached hydrogens (tertiary/aromatic N) is 1. The zero-order valence-corrected chi connectivity index (χ0v) is 16.0. The molecule has 2 heterocycles. The summed E-state index contributed by atoms with van der Waals surface area (Å²) < 4.78 is 46.6. The van der Waals surface area contributed by atoms with Crippen molar-refractivity contribution >= 4 is 17.9 Å². The lowest BCUT2D eigenvalue weighted by atomic mass is 9.96. The number of para-hydroxylation sites is 1. The Bertz CT molecular complexity index is 886. The topological polar surface area (TPSA) is 71.8 Å². The zero-order valence-electron chi connectivity index (χ0n) is 16.0. The van der Waals surface area contributed by atoms with Gasteiger partial charge in [-0.2, -0.15) is 0 Å². The van der Waals surface area contributed by atoms with Crippen LogP contribution in [0.3, 0.4) is 0 Å². The highest BCUT2D eigenvalue weighted by molar-refractivity contribution is 5.92. The molecule has 1 aliphatic rings. The first-order valence-corrected chi connectivity index (χ1v) is 9.43. The third-order valence-electron chi connectivity index (χ3n) is 4.74. The minimum absolute atomic E-state index is 0.0905. The number of nitrogens with one attached hydrogen (secondary N) is 1. The summed E-state index contributed by atoms with van der Waals surface area (Å²) in [6.45, 7) is 1.10. The van der Waals surface area contributed by atoms with E-state index in [0.29, 0.717) is 38.2 Å². The maximum absolute atomic E-state index is 12.5. The molecule has 9 heteroatoms. The summed E-state index contributed by atoms with van der Waals surface area (Å²) in [5.41, 5.74) is 0.148. The molecule has 1 aromatic carbocycles. The highest BCUT2D eigenvalue weighted by Gasteiger charge is 2.32. The normalized spacial score (nSPS) is 15.4. The van der Waals surface area contributed by atoms with E-state index in [0.717, 1.165) is 0 Å². The molecule has 1 saturated heterocycles. The van der Waals surface area contributed by atoms with Crippen molar-refractivity contribution in [1.29, 1.82) is 0 Å². The highest BCUT2D eigenvalue weighted by atomic mass is 19.4. The lowest BCUT2D eigenvalue weighted by Crippen LogP contribution is -2.42. The Morgan fingerprint density at radius 1 is 1.17 bits per heavy atom. The molecule has 0 bridgehead atoms. The van der Waals surface area contributed by atoms with Crippen LogP contribution in [0.2, 0.25) is 0 Å². The van der Waals surface area contributed by atoms with Crippen molar-refractivity contribution in [2.75, 3.05) is 13.1 Å². The Balaban J connectivity index is 1.50. The lowest BCUT2D eigenvalue weighted by Gasteiger charge is -2.30. The molecule has 0 spiro atoms. The molecule has 0 saturated carbocycles. The fraction of sp³-hybridized carbons (Fsp3) is 0.333. The Hall–Kier alpha value is -3.23. The van der Waals surface area contributed by atoms with Crippen LogP contribution in [-0.4, -0.2) is 36.2 Å².